The fourth-order valence-corrected chi connectivity index (χ4v) is 2.85. The Kier molecular flexibility index (Phi) is 11.6. The van der Waals surface area contributed by atoms with Crippen molar-refractivity contribution in [3.8, 4) is 5.75 Å². The van der Waals surface area contributed by atoms with E-state index in [-0.39, 0.29) is 12.1 Å². The van der Waals surface area contributed by atoms with Crippen LogP contribution in [0.25, 0.3) is 6.08 Å². The highest BCUT2D eigenvalue weighted by Crippen LogP contribution is 2.24. The maximum Gasteiger partial charge on any atom is 0.306 e. The van der Waals surface area contributed by atoms with Crippen LogP contribution in [0.2, 0.25) is 0 Å². The average Bonchev–Trinajstić information content (AvgIpc) is 3.09. The molecule has 0 amide bonds. The second-order valence-corrected chi connectivity index (χ2v) is 7.18. The molecule has 0 bridgehead atoms. The van der Waals surface area contributed by atoms with Crippen molar-refractivity contribution in [1.29, 1.82) is 0 Å². The van der Waals surface area contributed by atoms with Crippen LogP contribution < -0.4 is 4.74 Å². The van der Waals surface area contributed by atoms with Crippen molar-refractivity contribution >= 4 is 17.8 Å². The van der Waals surface area contributed by atoms with E-state index in [1.54, 1.807) is 7.11 Å². The van der Waals surface area contributed by atoms with Crippen LogP contribution in [0.4, 0.5) is 0 Å². The maximum atomic E-state index is 11.1. The highest BCUT2D eigenvalue weighted by Gasteiger charge is 2.19. The molecule has 1 aromatic carbocycles. The fourth-order valence-electron chi connectivity index (χ4n) is 2.85. The Morgan fingerprint density at radius 2 is 2.11 bits per heavy atom. The predicted molar refractivity (Wildman–Crippen MR) is 114 cm³/mol. The third kappa shape index (κ3) is 10.7. The number of benzene rings is 1. The highest BCUT2D eigenvalue weighted by atomic mass is 16.5. The highest BCUT2D eigenvalue weighted by molar-refractivity contribution is 5.81. The normalized spacial score (nSPS) is 16.5. The monoisotopic (exact) mass is 386 g/mol. The lowest BCUT2D eigenvalue weighted by Crippen LogP contribution is -2.10. The molecule has 0 saturated heterocycles. The molecule has 0 radical (unpaired) electrons. The first kappa shape index (κ1) is 23.7. The van der Waals surface area contributed by atoms with E-state index in [9.17, 15) is 9.59 Å². The number of methoxy groups -OCH3 is 1. The number of ketones is 1. The van der Waals surface area contributed by atoms with Gasteiger partial charge in [0.05, 0.1) is 13.2 Å². The van der Waals surface area contributed by atoms with Gasteiger partial charge in [0.25, 0.3) is 0 Å². The summed E-state index contributed by atoms with van der Waals surface area (Å²) in [5.41, 5.74) is 1.12. The van der Waals surface area contributed by atoms with E-state index < -0.39 is 0 Å². The maximum absolute atomic E-state index is 11.1. The van der Waals surface area contributed by atoms with Crippen LogP contribution in [0.1, 0.15) is 64.9 Å². The van der Waals surface area contributed by atoms with Crippen LogP contribution in [0, 0.1) is 5.92 Å². The van der Waals surface area contributed by atoms with E-state index >= 15 is 0 Å². The third-order valence-electron chi connectivity index (χ3n) is 4.29. The molecule has 4 nitrogen and oxygen atoms in total. The van der Waals surface area contributed by atoms with Gasteiger partial charge in [-0.25, -0.2) is 0 Å². The van der Waals surface area contributed by atoms with Crippen LogP contribution >= 0.6 is 0 Å². The van der Waals surface area contributed by atoms with Gasteiger partial charge in [-0.2, -0.15) is 0 Å². The molecule has 1 atom stereocenters. The van der Waals surface area contributed by atoms with Gasteiger partial charge in [0.2, 0.25) is 0 Å². The number of ether oxygens (including phenoxy) is 2. The zero-order valence-corrected chi connectivity index (χ0v) is 17.6. The Balaban J connectivity index is 0.000000295. The van der Waals surface area contributed by atoms with Crippen LogP contribution in [0.5, 0.6) is 5.75 Å². The number of carbonyl (C=O) groups is 2. The van der Waals surface area contributed by atoms with Gasteiger partial charge in [0.1, 0.15) is 11.5 Å². The topological polar surface area (TPSA) is 52.6 Å². The van der Waals surface area contributed by atoms with Gasteiger partial charge in [-0.05, 0) is 63.6 Å². The molecule has 0 aliphatic heterocycles. The molecular weight excluding hydrogens is 352 g/mol. The average molecular weight is 387 g/mol. The van der Waals surface area contributed by atoms with E-state index in [0.29, 0.717) is 24.5 Å². The van der Waals surface area contributed by atoms with Gasteiger partial charge in [-0.3, -0.25) is 9.59 Å². The fraction of sp³-hybridized carbons (Fsp3) is 0.500. The SMILES string of the molecule is C/C=C\CCCC(=O)OC(C)C.COc1cccc(/C=C/[C@H]2CCC(=O)C2)c1. The molecule has 0 heterocycles. The number of Topliss-reactive ketones (excluding diaryl/α,β-unsaturated/α-hetero) is 1. The number of carbonyl (C=O) groups excluding carboxylic acids is 2. The summed E-state index contributed by atoms with van der Waals surface area (Å²) in [6, 6.07) is 7.93. The van der Waals surface area contributed by atoms with Gasteiger partial charge in [-0.1, -0.05) is 36.4 Å². The second kappa shape index (κ2) is 13.8. The number of unbranched alkanes of at least 4 members (excludes halogenated alkanes) is 1. The van der Waals surface area contributed by atoms with Crippen LogP contribution in [0.15, 0.2) is 42.5 Å². The Labute approximate surface area is 169 Å². The molecular formula is C24H34O4. The molecule has 1 aliphatic carbocycles. The van der Waals surface area contributed by atoms with Gasteiger partial charge >= 0.3 is 5.97 Å². The van der Waals surface area contributed by atoms with E-state index in [4.69, 9.17) is 9.47 Å². The molecule has 1 fully saturated rings. The molecule has 1 aromatic rings. The van der Waals surface area contributed by atoms with Gasteiger partial charge in [0, 0.05) is 19.3 Å². The van der Waals surface area contributed by atoms with Crippen molar-refractivity contribution in [2.24, 2.45) is 5.92 Å². The quantitative estimate of drug-likeness (QED) is 0.324. The molecule has 28 heavy (non-hydrogen) atoms. The molecule has 154 valence electrons. The summed E-state index contributed by atoms with van der Waals surface area (Å²) < 4.78 is 10.1. The van der Waals surface area contributed by atoms with E-state index in [1.807, 2.05) is 51.1 Å². The van der Waals surface area contributed by atoms with Crippen LogP contribution in [-0.2, 0) is 14.3 Å². The standard InChI is InChI=1S/C14H16O2.C10H18O2/c1-16-14-4-2-3-11(10-14)5-6-12-7-8-13(15)9-12;1-4-5-6-7-8-10(11)12-9(2)3/h2-6,10,12H,7-9H2,1H3;4-5,9H,6-8H2,1-3H3/b6-5+;5-4-/t12-;/m0./s1. The first-order chi connectivity index (χ1) is 13.4. The first-order valence-electron chi connectivity index (χ1n) is 10.1. The van der Waals surface area contributed by atoms with Crippen molar-refractivity contribution in [1.82, 2.24) is 0 Å². The minimum absolute atomic E-state index is 0.0132. The molecule has 0 N–H and O–H groups in total. The molecule has 0 unspecified atom stereocenters. The predicted octanol–water partition coefficient (Wildman–Crippen LogP) is 5.76. The Hall–Kier alpha value is -2.36. The summed E-state index contributed by atoms with van der Waals surface area (Å²) in [5, 5.41) is 0. The van der Waals surface area contributed by atoms with E-state index in [1.165, 1.54) is 0 Å². The summed E-state index contributed by atoms with van der Waals surface area (Å²) in [4.78, 5) is 22.1. The van der Waals surface area contributed by atoms with Gasteiger partial charge in [0.15, 0.2) is 0 Å². The first-order valence-corrected chi connectivity index (χ1v) is 10.1. The number of rotatable bonds is 8. The summed E-state index contributed by atoms with van der Waals surface area (Å²) in [5.74, 6) is 1.60. The lowest BCUT2D eigenvalue weighted by Gasteiger charge is -2.06. The minimum atomic E-state index is -0.0884. The summed E-state index contributed by atoms with van der Waals surface area (Å²) in [6.07, 6.45) is 13.1. The molecule has 1 saturated carbocycles. The Bertz CT molecular complexity index is 658. The van der Waals surface area contributed by atoms with Crippen molar-refractivity contribution in [3.05, 3.63) is 48.1 Å². The van der Waals surface area contributed by atoms with E-state index in [2.05, 4.69) is 18.2 Å². The lowest BCUT2D eigenvalue weighted by atomic mass is 10.1. The number of allylic oxidation sites excluding steroid dienone is 3. The number of hydrogen-bond donors (Lipinski definition) is 0. The minimum Gasteiger partial charge on any atom is -0.497 e. The zero-order chi connectivity index (χ0) is 20.8. The summed E-state index contributed by atoms with van der Waals surface area (Å²) in [7, 11) is 1.67. The van der Waals surface area contributed by atoms with Gasteiger partial charge in [-0.15, -0.1) is 0 Å². The largest absolute Gasteiger partial charge is 0.497 e. The number of hydrogen-bond acceptors (Lipinski definition) is 4. The molecule has 2 rings (SSSR count). The van der Waals surface area contributed by atoms with Crippen molar-refractivity contribution in [2.45, 2.75) is 65.4 Å². The van der Waals surface area contributed by atoms with Crippen LogP contribution in [0.3, 0.4) is 0 Å². The lowest BCUT2D eigenvalue weighted by molar-refractivity contribution is -0.147. The molecule has 4 heteroatoms. The van der Waals surface area contributed by atoms with E-state index in [0.717, 1.165) is 37.0 Å². The zero-order valence-electron chi connectivity index (χ0n) is 17.6. The molecule has 1 aliphatic rings. The number of esters is 1. The van der Waals surface area contributed by atoms with Crippen molar-refractivity contribution in [3.63, 3.8) is 0 Å². The van der Waals surface area contributed by atoms with Crippen molar-refractivity contribution < 1.29 is 19.1 Å². The van der Waals surface area contributed by atoms with Crippen LogP contribution in [-0.4, -0.2) is 25.0 Å². The third-order valence-corrected chi connectivity index (χ3v) is 4.29. The summed E-state index contributed by atoms with van der Waals surface area (Å²) in [6.45, 7) is 5.71. The smallest absolute Gasteiger partial charge is 0.306 e. The summed E-state index contributed by atoms with van der Waals surface area (Å²) >= 11 is 0. The Morgan fingerprint density at radius 1 is 1.32 bits per heavy atom. The van der Waals surface area contributed by atoms with Gasteiger partial charge < -0.3 is 9.47 Å². The van der Waals surface area contributed by atoms with Crippen molar-refractivity contribution in [2.75, 3.05) is 7.11 Å². The molecule has 0 aromatic heterocycles. The molecule has 0 spiro atoms. The Morgan fingerprint density at radius 3 is 2.71 bits per heavy atom. The second-order valence-electron chi connectivity index (χ2n) is 7.18.